The zero-order valence-electron chi connectivity index (χ0n) is 13.2. The molecule has 1 saturated carbocycles. The fourth-order valence-electron chi connectivity index (χ4n) is 3.13. The second kappa shape index (κ2) is 7.51. The number of piperidine rings is 1. The van der Waals surface area contributed by atoms with Crippen LogP contribution < -0.4 is 10.6 Å². The first-order valence-corrected chi connectivity index (χ1v) is 8.72. The molecule has 23 heavy (non-hydrogen) atoms. The molecule has 0 aromatic heterocycles. The van der Waals surface area contributed by atoms with Crippen molar-refractivity contribution in [1.82, 2.24) is 15.5 Å². The Hall–Kier alpha value is -1.30. The normalized spacial score (nSPS) is 21.0. The molecule has 0 bridgehead atoms. The average Bonchev–Trinajstić information content (AvgIpc) is 3.39. The van der Waals surface area contributed by atoms with E-state index in [1.807, 2.05) is 12.1 Å². The topological polar surface area (TPSA) is 64.6 Å². The number of carbonyl (C=O) groups is 1. The van der Waals surface area contributed by atoms with Crippen LogP contribution in [-0.4, -0.2) is 47.8 Å². The number of likely N-dealkylation sites (tertiary alicyclic amines) is 1. The van der Waals surface area contributed by atoms with Crippen LogP contribution in [0.25, 0.3) is 0 Å². The van der Waals surface area contributed by atoms with E-state index < -0.39 is 6.10 Å². The molecule has 1 saturated heterocycles. The van der Waals surface area contributed by atoms with Gasteiger partial charge in [-0.25, -0.2) is 4.79 Å². The summed E-state index contributed by atoms with van der Waals surface area (Å²) < 4.78 is 0. The number of rotatable bonds is 5. The quantitative estimate of drug-likeness (QED) is 0.772. The predicted molar refractivity (Wildman–Crippen MR) is 90.6 cm³/mol. The fourth-order valence-corrected chi connectivity index (χ4v) is 3.39. The molecule has 2 fully saturated rings. The Morgan fingerprint density at radius 3 is 2.61 bits per heavy atom. The van der Waals surface area contributed by atoms with Crippen LogP contribution in [0.15, 0.2) is 24.3 Å². The lowest BCUT2D eigenvalue weighted by Gasteiger charge is -2.32. The molecule has 1 aromatic carbocycles. The van der Waals surface area contributed by atoms with Crippen LogP contribution in [0.1, 0.15) is 37.4 Å². The van der Waals surface area contributed by atoms with Crippen molar-refractivity contribution in [3.05, 3.63) is 34.9 Å². The van der Waals surface area contributed by atoms with Crippen molar-refractivity contribution in [2.45, 2.75) is 43.9 Å². The molecule has 1 aliphatic carbocycles. The van der Waals surface area contributed by atoms with Crippen LogP contribution in [0.4, 0.5) is 4.79 Å². The number of aliphatic hydroxyl groups excluding tert-OH is 1. The fraction of sp³-hybridized carbons (Fsp3) is 0.588. The van der Waals surface area contributed by atoms with Crippen LogP contribution in [0.5, 0.6) is 0 Å². The maximum absolute atomic E-state index is 12.0. The first-order chi connectivity index (χ1) is 11.1. The number of nitrogens with zero attached hydrogens (tertiary/aromatic N) is 1. The zero-order chi connectivity index (χ0) is 16.2. The largest absolute Gasteiger partial charge is 0.387 e. The Morgan fingerprint density at radius 1 is 1.26 bits per heavy atom. The van der Waals surface area contributed by atoms with Gasteiger partial charge in [0.05, 0.1) is 6.10 Å². The van der Waals surface area contributed by atoms with E-state index in [-0.39, 0.29) is 18.6 Å². The number of benzene rings is 1. The number of hydrogen-bond acceptors (Lipinski definition) is 3. The van der Waals surface area contributed by atoms with Crippen molar-refractivity contribution >= 4 is 17.6 Å². The van der Waals surface area contributed by atoms with Gasteiger partial charge < -0.3 is 20.6 Å². The van der Waals surface area contributed by atoms with Gasteiger partial charge in [-0.2, -0.15) is 0 Å². The van der Waals surface area contributed by atoms with E-state index in [9.17, 15) is 9.90 Å². The number of urea groups is 1. The van der Waals surface area contributed by atoms with Gasteiger partial charge in [0.2, 0.25) is 0 Å². The van der Waals surface area contributed by atoms with E-state index in [0.717, 1.165) is 32.0 Å². The van der Waals surface area contributed by atoms with Crippen molar-refractivity contribution in [2.24, 2.45) is 0 Å². The highest BCUT2D eigenvalue weighted by Gasteiger charge is 2.32. The van der Waals surface area contributed by atoms with Crippen LogP contribution in [0.3, 0.4) is 0 Å². The molecule has 1 atom stereocenters. The number of carbonyl (C=O) groups excluding carboxylic acids is 1. The van der Waals surface area contributed by atoms with E-state index in [2.05, 4.69) is 15.5 Å². The Balaban J connectivity index is 1.39. The SMILES string of the molecule is O=C(NCC(O)c1ccccc1Cl)NC1CCN(C2CC2)CC1. The molecule has 1 heterocycles. The molecule has 0 spiro atoms. The number of nitrogens with one attached hydrogen (secondary N) is 2. The van der Waals surface area contributed by atoms with Gasteiger partial charge in [0, 0.05) is 42.3 Å². The smallest absolute Gasteiger partial charge is 0.315 e. The van der Waals surface area contributed by atoms with Crippen molar-refractivity contribution < 1.29 is 9.90 Å². The molecule has 2 amide bonds. The van der Waals surface area contributed by atoms with E-state index >= 15 is 0 Å². The van der Waals surface area contributed by atoms with E-state index in [4.69, 9.17) is 11.6 Å². The minimum absolute atomic E-state index is 0.149. The van der Waals surface area contributed by atoms with Crippen LogP contribution in [-0.2, 0) is 0 Å². The molecule has 6 heteroatoms. The summed E-state index contributed by atoms with van der Waals surface area (Å²) in [6.07, 6.45) is 3.86. The number of amides is 2. The zero-order valence-corrected chi connectivity index (χ0v) is 13.9. The lowest BCUT2D eigenvalue weighted by molar-refractivity contribution is 0.167. The Kier molecular flexibility index (Phi) is 5.41. The molecule has 3 rings (SSSR count). The lowest BCUT2D eigenvalue weighted by Crippen LogP contribution is -2.48. The molecular formula is C17H24ClN3O2. The summed E-state index contributed by atoms with van der Waals surface area (Å²) in [7, 11) is 0. The summed E-state index contributed by atoms with van der Waals surface area (Å²) in [6, 6.07) is 7.93. The molecule has 1 aliphatic heterocycles. The van der Waals surface area contributed by atoms with Crippen LogP contribution in [0.2, 0.25) is 5.02 Å². The maximum atomic E-state index is 12.0. The molecular weight excluding hydrogens is 314 g/mol. The highest BCUT2D eigenvalue weighted by atomic mass is 35.5. The van der Waals surface area contributed by atoms with Gasteiger partial charge in [-0.1, -0.05) is 29.8 Å². The second-order valence-electron chi connectivity index (χ2n) is 6.43. The third kappa shape index (κ3) is 4.59. The Morgan fingerprint density at radius 2 is 1.96 bits per heavy atom. The van der Waals surface area contributed by atoms with E-state index in [1.54, 1.807) is 12.1 Å². The van der Waals surface area contributed by atoms with E-state index in [0.29, 0.717) is 10.6 Å². The third-order valence-electron chi connectivity index (χ3n) is 4.65. The van der Waals surface area contributed by atoms with Gasteiger partial charge in [0.1, 0.15) is 0 Å². The van der Waals surface area contributed by atoms with Gasteiger partial charge in [0.25, 0.3) is 0 Å². The highest BCUT2D eigenvalue weighted by molar-refractivity contribution is 6.31. The van der Waals surface area contributed by atoms with Crippen LogP contribution in [0, 0.1) is 0 Å². The predicted octanol–water partition coefficient (Wildman–Crippen LogP) is 2.30. The summed E-state index contributed by atoms with van der Waals surface area (Å²) in [5, 5.41) is 16.4. The Labute approximate surface area is 142 Å². The molecule has 3 N–H and O–H groups in total. The number of aliphatic hydroxyl groups is 1. The highest BCUT2D eigenvalue weighted by Crippen LogP contribution is 2.29. The van der Waals surface area contributed by atoms with Crippen molar-refractivity contribution in [3.63, 3.8) is 0 Å². The Bertz CT molecular complexity index is 542. The lowest BCUT2D eigenvalue weighted by atomic mass is 10.1. The van der Waals surface area contributed by atoms with Gasteiger partial charge in [-0.3, -0.25) is 0 Å². The number of halogens is 1. The standard InChI is InChI=1S/C17H24ClN3O2/c18-15-4-2-1-3-14(15)16(22)11-19-17(23)20-12-7-9-21(10-8-12)13-5-6-13/h1-4,12-13,16,22H,5-11H2,(H2,19,20,23). The molecule has 0 radical (unpaired) electrons. The summed E-state index contributed by atoms with van der Waals surface area (Å²) in [6.45, 7) is 2.28. The van der Waals surface area contributed by atoms with Crippen molar-refractivity contribution in [1.29, 1.82) is 0 Å². The van der Waals surface area contributed by atoms with Crippen molar-refractivity contribution in [3.8, 4) is 0 Å². The van der Waals surface area contributed by atoms with Crippen molar-refractivity contribution in [2.75, 3.05) is 19.6 Å². The maximum Gasteiger partial charge on any atom is 0.315 e. The van der Waals surface area contributed by atoms with Gasteiger partial charge in [-0.15, -0.1) is 0 Å². The van der Waals surface area contributed by atoms with E-state index in [1.165, 1.54) is 12.8 Å². The minimum atomic E-state index is -0.800. The molecule has 5 nitrogen and oxygen atoms in total. The first kappa shape index (κ1) is 16.6. The van der Waals surface area contributed by atoms with Crippen LogP contribution >= 0.6 is 11.6 Å². The van der Waals surface area contributed by atoms with Gasteiger partial charge in [-0.05, 0) is 31.7 Å². The molecule has 2 aliphatic rings. The minimum Gasteiger partial charge on any atom is -0.387 e. The summed E-state index contributed by atoms with van der Waals surface area (Å²) in [5.41, 5.74) is 0.632. The van der Waals surface area contributed by atoms with Gasteiger partial charge >= 0.3 is 6.03 Å². The first-order valence-electron chi connectivity index (χ1n) is 8.34. The summed E-state index contributed by atoms with van der Waals surface area (Å²) >= 11 is 6.04. The second-order valence-corrected chi connectivity index (χ2v) is 6.84. The third-order valence-corrected chi connectivity index (χ3v) is 4.99. The van der Waals surface area contributed by atoms with Gasteiger partial charge in [0.15, 0.2) is 0 Å². The molecule has 1 unspecified atom stereocenters. The number of hydrogen-bond donors (Lipinski definition) is 3. The monoisotopic (exact) mass is 337 g/mol. The molecule has 126 valence electrons. The molecule has 1 aromatic rings. The average molecular weight is 338 g/mol. The summed E-state index contributed by atoms with van der Waals surface area (Å²) in [4.78, 5) is 14.5. The summed E-state index contributed by atoms with van der Waals surface area (Å²) in [5.74, 6) is 0.